The second kappa shape index (κ2) is 3.88. The first-order chi connectivity index (χ1) is 7.22. The topological polar surface area (TPSA) is 72.0 Å². The molecule has 0 saturated heterocycles. The van der Waals surface area contributed by atoms with Crippen LogP contribution in [-0.4, -0.2) is 35.2 Å². The molecule has 2 rings (SSSR count). The lowest BCUT2D eigenvalue weighted by Gasteiger charge is -2.06. The number of anilines is 2. The maximum atomic E-state index is 4.98. The minimum absolute atomic E-state index is 0.324. The number of aromatic nitrogens is 3. The van der Waals surface area contributed by atoms with E-state index in [1.807, 2.05) is 0 Å². The molecule has 2 unspecified atom stereocenters. The monoisotopic (exact) mass is 209 g/mol. The molecule has 1 aliphatic carbocycles. The molecule has 1 aromatic heterocycles. The Bertz CT molecular complexity index is 334. The second-order valence-electron chi connectivity index (χ2n) is 3.68. The largest absolute Gasteiger partial charge is 0.467 e. The van der Waals surface area contributed by atoms with Crippen molar-refractivity contribution in [2.75, 3.05) is 24.8 Å². The standard InChI is InChI=1S/C9H15N5O/c1-5-4-6(5)11-8-12-7(10-2)13-9(14-8)15-3/h5-6H,4H2,1-3H3,(H2,10,11,12,13,14). The highest BCUT2D eigenvalue weighted by Crippen LogP contribution is 2.31. The molecule has 15 heavy (non-hydrogen) atoms. The van der Waals surface area contributed by atoms with Crippen LogP contribution in [0, 0.1) is 5.92 Å². The van der Waals surface area contributed by atoms with E-state index < -0.39 is 0 Å². The van der Waals surface area contributed by atoms with Gasteiger partial charge in [0, 0.05) is 13.1 Å². The van der Waals surface area contributed by atoms with Gasteiger partial charge >= 0.3 is 6.01 Å². The molecule has 1 fully saturated rings. The summed E-state index contributed by atoms with van der Waals surface area (Å²) >= 11 is 0. The molecule has 0 aliphatic heterocycles. The predicted molar refractivity (Wildman–Crippen MR) is 57.1 cm³/mol. The van der Waals surface area contributed by atoms with Crippen molar-refractivity contribution >= 4 is 11.9 Å². The lowest BCUT2D eigenvalue weighted by Crippen LogP contribution is -2.10. The zero-order valence-electron chi connectivity index (χ0n) is 9.11. The van der Waals surface area contributed by atoms with Crippen molar-refractivity contribution in [3.8, 4) is 6.01 Å². The molecule has 1 aliphatic rings. The summed E-state index contributed by atoms with van der Waals surface area (Å²) in [7, 11) is 3.30. The van der Waals surface area contributed by atoms with Crippen LogP contribution in [0.3, 0.4) is 0 Å². The molecule has 0 radical (unpaired) electrons. The second-order valence-corrected chi connectivity index (χ2v) is 3.68. The van der Waals surface area contributed by atoms with Crippen LogP contribution in [0.1, 0.15) is 13.3 Å². The fourth-order valence-corrected chi connectivity index (χ4v) is 1.31. The highest BCUT2D eigenvalue weighted by molar-refractivity contribution is 5.37. The Morgan fingerprint density at radius 1 is 1.27 bits per heavy atom. The first kappa shape index (κ1) is 9.95. The van der Waals surface area contributed by atoms with Gasteiger partial charge in [0.1, 0.15) is 0 Å². The third-order valence-electron chi connectivity index (χ3n) is 2.45. The first-order valence-electron chi connectivity index (χ1n) is 4.97. The van der Waals surface area contributed by atoms with Gasteiger partial charge in [-0.3, -0.25) is 0 Å². The highest BCUT2D eigenvalue weighted by Gasteiger charge is 2.33. The summed E-state index contributed by atoms with van der Waals surface area (Å²) in [4.78, 5) is 12.3. The Hall–Kier alpha value is -1.59. The Morgan fingerprint density at radius 3 is 2.47 bits per heavy atom. The van der Waals surface area contributed by atoms with Crippen molar-refractivity contribution < 1.29 is 4.74 Å². The van der Waals surface area contributed by atoms with Crippen molar-refractivity contribution in [2.45, 2.75) is 19.4 Å². The van der Waals surface area contributed by atoms with E-state index in [9.17, 15) is 0 Å². The first-order valence-corrected chi connectivity index (χ1v) is 4.97. The summed E-state index contributed by atoms with van der Waals surface area (Å²) in [5, 5.41) is 6.10. The average Bonchev–Trinajstić information content (AvgIpc) is 2.93. The lowest BCUT2D eigenvalue weighted by atomic mass is 10.5. The summed E-state index contributed by atoms with van der Waals surface area (Å²) in [6, 6.07) is 0.812. The molecule has 0 aromatic carbocycles. The minimum Gasteiger partial charge on any atom is -0.467 e. The van der Waals surface area contributed by atoms with Crippen molar-refractivity contribution in [3.05, 3.63) is 0 Å². The van der Waals surface area contributed by atoms with Gasteiger partial charge in [-0.1, -0.05) is 6.92 Å². The zero-order valence-corrected chi connectivity index (χ0v) is 9.11. The maximum absolute atomic E-state index is 4.98. The Morgan fingerprint density at radius 2 is 1.93 bits per heavy atom. The Labute approximate surface area is 88.5 Å². The van der Waals surface area contributed by atoms with Gasteiger partial charge < -0.3 is 15.4 Å². The van der Waals surface area contributed by atoms with Crippen LogP contribution in [0.5, 0.6) is 6.01 Å². The third-order valence-corrected chi connectivity index (χ3v) is 2.45. The molecule has 2 N–H and O–H groups in total. The van der Waals surface area contributed by atoms with Crippen LogP contribution in [-0.2, 0) is 0 Å². The van der Waals surface area contributed by atoms with E-state index >= 15 is 0 Å². The van der Waals surface area contributed by atoms with Crippen LogP contribution in [0.25, 0.3) is 0 Å². The van der Waals surface area contributed by atoms with Gasteiger partial charge in [-0.05, 0) is 12.3 Å². The van der Waals surface area contributed by atoms with Gasteiger partial charge in [0.25, 0.3) is 0 Å². The molecule has 1 heterocycles. The number of nitrogens with zero attached hydrogens (tertiary/aromatic N) is 3. The van der Waals surface area contributed by atoms with Crippen molar-refractivity contribution in [2.24, 2.45) is 5.92 Å². The van der Waals surface area contributed by atoms with Gasteiger partial charge in [0.05, 0.1) is 7.11 Å². The van der Waals surface area contributed by atoms with Gasteiger partial charge in [-0.2, -0.15) is 15.0 Å². The number of hydrogen-bond acceptors (Lipinski definition) is 6. The van der Waals surface area contributed by atoms with Crippen LogP contribution < -0.4 is 15.4 Å². The van der Waals surface area contributed by atoms with Crippen molar-refractivity contribution in [3.63, 3.8) is 0 Å². The summed E-state index contributed by atoms with van der Waals surface area (Å²) in [6.07, 6.45) is 1.17. The maximum Gasteiger partial charge on any atom is 0.322 e. The molecule has 1 aromatic rings. The fraction of sp³-hybridized carbons (Fsp3) is 0.667. The highest BCUT2D eigenvalue weighted by atomic mass is 16.5. The fourth-order valence-electron chi connectivity index (χ4n) is 1.31. The molecular weight excluding hydrogens is 194 g/mol. The zero-order chi connectivity index (χ0) is 10.8. The Balaban J connectivity index is 2.14. The Kier molecular flexibility index (Phi) is 2.57. The van der Waals surface area contributed by atoms with Crippen molar-refractivity contribution in [1.29, 1.82) is 0 Å². The van der Waals surface area contributed by atoms with Crippen LogP contribution in [0.2, 0.25) is 0 Å². The van der Waals surface area contributed by atoms with Crippen LogP contribution in [0.15, 0.2) is 0 Å². The normalized spacial score (nSPS) is 23.4. The van der Waals surface area contributed by atoms with E-state index in [1.165, 1.54) is 13.5 Å². The lowest BCUT2D eigenvalue weighted by molar-refractivity contribution is 0.379. The summed E-state index contributed by atoms with van der Waals surface area (Å²) in [5.74, 6) is 1.78. The summed E-state index contributed by atoms with van der Waals surface area (Å²) < 4.78 is 4.98. The van der Waals surface area contributed by atoms with E-state index in [0.29, 0.717) is 29.9 Å². The predicted octanol–water partition coefficient (Wildman–Crippen LogP) is 0.742. The number of methoxy groups -OCH3 is 1. The summed E-state index contributed by atoms with van der Waals surface area (Å²) in [6.45, 7) is 2.19. The SMILES string of the molecule is CNc1nc(NC2CC2C)nc(OC)n1. The molecule has 0 spiro atoms. The van der Waals surface area contributed by atoms with Gasteiger partial charge in [0.15, 0.2) is 0 Å². The van der Waals surface area contributed by atoms with Gasteiger partial charge in [0.2, 0.25) is 11.9 Å². The van der Waals surface area contributed by atoms with Gasteiger partial charge in [-0.25, -0.2) is 0 Å². The van der Waals surface area contributed by atoms with Gasteiger partial charge in [-0.15, -0.1) is 0 Å². The third kappa shape index (κ3) is 2.26. The minimum atomic E-state index is 0.324. The van der Waals surface area contributed by atoms with Crippen molar-refractivity contribution in [1.82, 2.24) is 15.0 Å². The average molecular weight is 209 g/mol. The molecule has 82 valence electrons. The molecule has 1 saturated carbocycles. The van der Waals surface area contributed by atoms with E-state index in [1.54, 1.807) is 7.05 Å². The molecule has 6 nitrogen and oxygen atoms in total. The molecule has 2 atom stereocenters. The number of ether oxygens (including phenoxy) is 1. The number of nitrogens with one attached hydrogen (secondary N) is 2. The molecule has 0 bridgehead atoms. The number of rotatable bonds is 4. The van der Waals surface area contributed by atoms with E-state index in [2.05, 4.69) is 32.5 Å². The number of hydrogen-bond donors (Lipinski definition) is 2. The quantitative estimate of drug-likeness (QED) is 0.762. The summed E-state index contributed by atoms with van der Waals surface area (Å²) in [5.41, 5.74) is 0. The van der Waals surface area contributed by atoms with Crippen LogP contribution in [0.4, 0.5) is 11.9 Å². The smallest absolute Gasteiger partial charge is 0.322 e. The van der Waals surface area contributed by atoms with E-state index in [4.69, 9.17) is 4.74 Å². The molecule has 0 amide bonds. The molecule has 6 heteroatoms. The van der Waals surface area contributed by atoms with E-state index in [0.717, 1.165) is 0 Å². The van der Waals surface area contributed by atoms with Crippen LogP contribution >= 0.6 is 0 Å². The molecular formula is C9H15N5O. The van der Waals surface area contributed by atoms with E-state index in [-0.39, 0.29) is 0 Å².